The van der Waals surface area contributed by atoms with Crippen molar-refractivity contribution in [3.05, 3.63) is 76.6 Å². The second-order valence-corrected chi connectivity index (χ2v) is 8.70. The van der Waals surface area contributed by atoms with Crippen molar-refractivity contribution in [3.63, 3.8) is 0 Å². The van der Waals surface area contributed by atoms with Gasteiger partial charge in [0.2, 0.25) is 5.82 Å². The van der Waals surface area contributed by atoms with E-state index in [0.717, 1.165) is 27.9 Å². The highest BCUT2D eigenvalue weighted by atomic mass is 35.5. The third kappa shape index (κ3) is 5.93. The summed E-state index contributed by atoms with van der Waals surface area (Å²) in [6.45, 7) is 2.54. The lowest BCUT2D eigenvalue weighted by molar-refractivity contribution is -0.137. The highest BCUT2D eigenvalue weighted by Crippen LogP contribution is 2.32. The van der Waals surface area contributed by atoms with E-state index >= 15 is 0 Å². The van der Waals surface area contributed by atoms with Crippen molar-refractivity contribution in [2.24, 2.45) is 0 Å². The van der Waals surface area contributed by atoms with Crippen LogP contribution in [0.15, 0.2) is 59.3 Å². The van der Waals surface area contributed by atoms with Crippen LogP contribution in [0.2, 0.25) is 5.02 Å². The quantitative estimate of drug-likeness (QED) is 0.257. The summed E-state index contributed by atoms with van der Waals surface area (Å²) in [4.78, 5) is 19.6. The highest BCUT2D eigenvalue weighted by Gasteiger charge is 2.16. The molecule has 0 aliphatic carbocycles. The summed E-state index contributed by atoms with van der Waals surface area (Å²) in [6.07, 6.45) is 3.69. The SMILES string of the molecule is COCc1cc(-c2nc(-c3cnc(CCCCC(=O)O)c(Cl)c3)no2)ccc1-c1ccccc1C. The molecule has 35 heavy (non-hydrogen) atoms. The van der Waals surface area contributed by atoms with Crippen LogP contribution in [-0.4, -0.2) is 33.3 Å². The van der Waals surface area contributed by atoms with Crippen LogP contribution in [0.4, 0.5) is 0 Å². The first kappa shape index (κ1) is 24.6. The lowest BCUT2D eigenvalue weighted by Gasteiger charge is -2.12. The Balaban J connectivity index is 1.55. The van der Waals surface area contributed by atoms with Crippen LogP contribution in [0.3, 0.4) is 0 Å². The summed E-state index contributed by atoms with van der Waals surface area (Å²) in [5.41, 5.74) is 6.63. The number of rotatable bonds is 10. The van der Waals surface area contributed by atoms with E-state index in [4.69, 9.17) is 26.0 Å². The average Bonchev–Trinajstić information content (AvgIpc) is 3.34. The first-order chi connectivity index (χ1) is 17.0. The number of methoxy groups -OCH3 is 1. The molecule has 0 atom stereocenters. The minimum atomic E-state index is -0.800. The van der Waals surface area contributed by atoms with Crippen molar-refractivity contribution >= 4 is 17.6 Å². The monoisotopic (exact) mass is 491 g/mol. The number of unbranched alkanes of at least 4 members (excludes halogenated alkanes) is 1. The molecule has 0 saturated carbocycles. The Morgan fingerprint density at radius 2 is 1.91 bits per heavy atom. The molecule has 7 nitrogen and oxygen atoms in total. The van der Waals surface area contributed by atoms with Gasteiger partial charge in [0.05, 0.1) is 17.3 Å². The molecule has 0 fully saturated rings. The van der Waals surface area contributed by atoms with Gasteiger partial charge in [0.15, 0.2) is 0 Å². The molecule has 2 aromatic heterocycles. The van der Waals surface area contributed by atoms with E-state index in [1.165, 1.54) is 5.56 Å². The number of hydrogen-bond donors (Lipinski definition) is 1. The molecule has 2 heterocycles. The fourth-order valence-electron chi connectivity index (χ4n) is 3.94. The van der Waals surface area contributed by atoms with Gasteiger partial charge in [0.1, 0.15) is 0 Å². The zero-order valence-corrected chi connectivity index (χ0v) is 20.4. The smallest absolute Gasteiger partial charge is 0.303 e. The van der Waals surface area contributed by atoms with Crippen molar-refractivity contribution in [1.29, 1.82) is 0 Å². The normalized spacial score (nSPS) is 11.1. The molecular formula is C27H26ClN3O4. The number of carboxylic acid groups (broad SMARTS) is 1. The molecule has 0 spiro atoms. The molecule has 8 heteroatoms. The summed E-state index contributed by atoms with van der Waals surface area (Å²) in [5.74, 6) is -0.0165. The van der Waals surface area contributed by atoms with E-state index in [2.05, 4.69) is 34.2 Å². The first-order valence-electron chi connectivity index (χ1n) is 11.3. The number of halogens is 1. The molecule has 2 aromatic carbocycles. The fraction of sp³-hybridized carbons (Fsp3) is 0.259. The van der Waals surface area contributed by atoms with E-state index in [9.17, 15) is 4.79 Å². The fourth-order valence-corrected chi connectivity index (χ4v) is 4.20. The molecule has 4 aromatic rings. The number of nitrogens with zero attached hydrogens (tertiary/aromatic N) is 3. The topological polar surface area (TPSA) is 98.3 Å². The maximum Gasteiger partial charge on any atom is 0.303 e. The van der Waals surface area contributed by atoms with Gasteiger partial charge in [-0.3, -0.25) is 9.78 Å². The van der Waals surface area contributed by atoms with Gasteiger partial charge >= 0.3 is 5.97 Å². The number of aryl methyl sites for hydroxylation is 2. The molecule has 0 radical (unpaired) electrons. The van der Waals surface area contributed by atoms with Crippen molar-refractivity contribution in [3.8, 4) is 34.0 Å². The molecular weight excluding hydrogens is 466 g/mol. The second-order valence-electron chi connectivity index (χ2n) is 8.30. The Bertz CT molecular complexity index is 1340. The molecule has 0 aliphatic rings. The molecule has 4 rings (SSSR count). The van der Waals surface area contributed by atoms with Crippen LogP contribution in [0.1, 0.15) is 36.1 Å². The van der Waals surface area contributed by atoms with Gasteiger partial charge in [-0.1, -0.05) is 47.1 Å². The molecule has 1 N–H and O–H groups in total. The first-order valence-corrected chi connectivity index (χ1v) is 11.7. The van der Waals surface area contributed by atoms with Crippen LogP contribution >= 0.6 is 11.6 Å². The minimum Gasteiger partial charge on any atom is -0.481 e. The molecule has 0 unspecified atom stereocenters. The lowest BCUT2D eigenvalue weighted by atomic mass is 9.94. The van der Waals surface area contributed by atoms with Gasteiger partial charge in [-0.2, -0.15) is 4.98 Å². The largest absolute Gasteiger partial charge is 0.481 e. The van der Waals surface area contributed by atoms with E-state index in [1.54, 1.807) is 19.4 Å². The van der Waals surface area contributed by atoms with E-state index in [0.29, 0.717) is 48.2 Å². The number of ether oxygens (including phenoxy) is 1. The number of benzene rings is 2. The summed E-state index contributed by atoms with van der Waals surface area (Å²) in [6, 6.07) is 16.0. The molecule has 0 saturated heterocycles. The van der Waals surface area contributed by atoms with E-state index in [1.807, 2.05) is 30.3 Å². The van der Waals surface area contributed by atoms with Crippen molar-refractivity contribution in [2.45, 2.75) is 39.2 Å². The summed E-state index contributed by atoms with van der Waals surface area (Å²) < 4.78 is 11.0. The summed E-state index contributed by atoms with van der Waals surface area (Å²) >= 11 is 6.41. The number of aliphatic carboxylic acids is 1. The third-order valence-electron chi connectivity index (χ3n) is 5.74. The van der Waals surface area contributed by atoms with Crippen molar-refractivity contribution in [2.75, 3.05) is 7.11 Å². The van der Waals surface area contributed by atoms with Gasteiger partial charge in [-0.15, -0.1) is 0 Å². The molecule has 180 valence electrons. The molecule has 0 amide bonds. The van der Waals surface area contributed by atoms with Crippen LogP contribution in [0.25, 0.3) is 34.0 Å². The van der Waals surface area contributed by atoms with Gasteiger partial charge < -0.3 is 14.4 Å². The molecule has 0 bridgehead atoms. The Hall–Kier alpha value is -3.55. The van der Waals surface area contributed by atoms with Gasteiger partial charge in [-0.25, -0.2) is 0 Å². The Kier molecular flexibility index (Phi) is 7.90. The molecule has 0 aliphatic heterocycles. The van der Waals surface area contributed by atoms with Crippen LogP contribution in [0, 0.1) is 6.92 Å². The van der Waals surface area contributed by atoms with Gasteiger partial charge in [0.25, 0.3) is 5.89 Å². The number of carboxylic acids is 1. The summed E-state index contributed by atoms with van der Waals surface area (Å²) in [5, 5.41) is 13.4. The zero-order chi connectivity index (χ0) is 24.8. The maximum absolute atomic E-state index is 10.7. The van der Waals surface area contributed by atoms with Crippen molar-refractivity contribution in [1.82, 2.24) is 15.1 Å². The number of hydrogen-bond acceptors (Lipinski definition) is 6. The maximum atomic E-state index is 10.7. The van der Waals surface area contributed by atoms with Crippen LogP contribution in [0.5, 0.6) is 0 Å². The van der Waals surface area contributed by atoms with Crippen molar-refractivity contribution < 1.29 is 19.2 Å². The van der Waals surface area contributed by atoms with Gasteiger partial charge in [-0.05, 0) is 66.6 Å². The standard InChI is InChI=1S/C27H26ClN3O4/c1-17-7-3-4-8-21(17)22-12-11-18(13-20(22)16-34-2)27-30-26(31-35-27)19-14-23(28)24(29-15-19)9-5-6-10-25(32)33/h3-4,7-8,11-15H,5-6,9-10,16H2,1-2H3,(H,32,33). The van der Waals surface area contributed by atoms with Crippen LogP contribution in [-0.2, 0) is 22.6 Å². The Morgan fingerprint density at radius 1 is 1.09 bits per heavy atom. The number of pyridine rings is 1. The highest BCUT2D eigenvalue weighted by molar-refractivity contribution is 6.31. The number of aromatic nitrogens is 3. The third-order valence-corrected chi connectivity index (χ3v) is 6.07. The predicted molar refractivity (Wildman–Crippen MR) is 134 cm³/mol. The Labute approximate surface area is 208 Å². The minimum absolute atomic E-state index is 0.138. The van der Waals surface area contributed by atoms with Crippen LogP contribution < -0.4 is 0 Å². The summed E-state index contributed by atoms with van der Waals surface area (Å²) in [7, 11) is 1.67. The van der Waals surface area contributed by atoms with Gasteiger partial charge in [0, 0.05) is 30.9 Å². The van der Waals surface area contributed by atoms with E-state index in [-0.39, 0.29) is 6.42 Å². The second kappa shape index (κ2) is 11.3. The zero-order valence-electron chi connectivity index (χ0n) is 19.6. The average molecular weight is 492 g/mol. The lowest BCUT2D eigenvalue weighted by Crippen LogP contribution is -1.97. The Morgan fingerprint density at radius 3 is 2.66 bits per heavy atom. The predicted octanol–water partition coefficient (Wildman–Crippen LogP) is 6.37. The number of carbonyl (C=O) groups is 1. The van der Waals surface area contributed by atoms with E-state index < -0.39 is 5.97 Å².